The Bertz CT molecular complexity index is 206. The summed E-state index contributed by atoms with van der Waals surface area (Å²) < 4.78 is 0. The van der Waals surface area contributed by atoms with Crippen LogP contribution in [0.15, 0.2) is 0 Å². The Kier molecular flexibility index (Phi) is 5.87. The Hall–Kier alpha value is -1.10. The molecule has 0 heterocycles. The van der Waals surface area contributed by atoms with Crippen LogP contribution in [0.5, 0.6) is 0 Å². The number of amides is 2. The van der Waals surface area contributed by atoms with Gasteiger partial charge in [-0.1, -0.05) is 13.8 Å². The van der Waals surface area contributed by atoms with Gasteiger partial charge in [0.15, 0.2) is 0 Å². The molecule has 0 radical (unpaired) electrons. The van der Waals surface area contributed by atoms with Crippen molar-refractivity contribution in [3.05, 3.63) is 0 Å². The molecule has 0 aromatic rings. The highest BCUT2D eigenvalue weighted by atomic mass is 16.3. The van der Waals surface area contributed by atoms with E-state index < -0.39 is 12.5 Å². The lowest BCUT2D eigenvalue weighted by atomic mass is 9.99. The van der Waals surface area contributed by atoms with Crippen molar-refractivity contribution in [2.45, 2.75) is 26.3 Å². The van der Waals surface area contributed by atoms with Gasteiger partial charge in [0.25, 0.3) is 0 Å². The third kappa shape index (κ3) is 3.74. The molecule has 0 bridgehead atoms. The van der Waals surface area contributed by atoms with Gasteiger partial charge in [-0.05, 0) is 6.42 Å². The normalized spacial score (nSPS) is 14.3. The van der Waals surface area contributed by atoms with Crippen LogP contribution in [-0.4, -0.2) is 36.6 Å². The Balaban J connectivity index is 4.25. The van der Waals surface area contributed by atoms with Gasteiger partial charge in [-0.3, -0.25) is 9.59 Å². The quantitative estimate of drug-likeness (QED) is 0.549. The molecule has 0 spiro atoms. The van der Waals surface area contributed by atoms with E-state index >= 15 is 0 Å². The number of hydrogen-bond donors (Lipinski definition) is 3. The van der Waals surface area contributed by atoms with Gasteiger partial charge < -0.3 is 15.7 Å². The topological polar surface area (TPSA) is 78.4 Å². The summed E-state index contributed by atoms with van der Waals surface area (Å²) in [7, 11) is 1.55. The van der Waals surface area contributed by atoms with Gasteiger partial charge in [-0.25, -0.2) is 0 Å². The van der Waals surface area contributed by atoms with Crippen molar-refractivity contribution in [2.24, 2.45) is 5.92 Å². The molecule has 5 nitrogen and oxygen atoms in total. The van der Waals surface area contributed by atoms with Crippen molar-refractivity contribution < 1.29 is 14.7 Å². The predicted molar refractivity (Wildman–Crippen MR) is 52.5 cm³/mol. The number of carbonyl (C=O) groups is 2. The molecule has 3 N–H and O–H groups in total. The molecule has 82 valence electrons. The van der Waals surface area contributed by atoms with E-state index in [1.165, 1.54) is 0 Å². The van der Waals surface area contributed by atoms with Crippen LogP contribution in [0.3, 0.4) is 0 Å². The summed E-state index contributed by atoms with van der Waals surface area (Å²) in [6.07, 6.45) is 0.653. The average Bonchev–Trinajstić information content (AvgIpc) is 2.23. The predicted octanol–water partition coefficient (Wildman–Crippen LogP) is -0.744. The van der Waals surface area contributed by atoms with Crippen LogP contribution < -0.4 is 10.6 Å². The summed E-state index contributed by atoms with van der Waals surface area (Å²) in [6.45, 7) is 3.07. The lowest BCUT2D eigenvalue weighted by molar-refractivity contribution is -0.127. The molecule has 2 atom stereocenters. The fraction of sp³-hybridized carbons (Fsp3) is 0.778. The zero-order chi connectivity index (χ0) is 11.1. The fourth-order valence-corrected chi connectivity index (χ4v) is 1.24. The molecule has 0 aliphatic rings. The maximum atomic E-state index is 11.3. The van der Waals surface area contributed by atoms with Crippen LogP contribution in [0.4, 0.5) is 0 Å². The van der Waals surface area contributed by atoms with E-state index in [1.54, 1.807) is 14.0 Å². The van der Waals surface area contributed by atoms with E-state index in [2.05, 4.69) is 10.6 Å². The van der Waals surface area contributed by atoms with Gasteiger partial charge in [0.1, 0.15) is 6.61 Å². The second kappa shape index (κ2) is 6.37. The van der Waals surface area contributed by atoms with Crippen molar-refractivity contribution >= 4 is 11.8 Å². The molecule has 0 aromatic carbocycles. The van der Waals surface area contributed by atoms with Gasteiger partial charge >= 0.3 is 0 Å². The van der Waals surface area contributed by atoms with Crippen LogP contribution in [0, 0.1) is 5.92 Å². The van der Waals surface area contributed by atoms with Gasteiger partial charge in [0, 0.05) is 13.1 Å². The molecule has 0 saturated carbocycles. The second-order valence-electron chi connectivity index (χ2n) is 3.14. The summed E-state index contributed by atoms with van der Waals surface area (Å²) in [4.78, 5) is 22.2. The van der Waals surface area contributed by atoms with Crippen LogP contribution in [0.25, 0.3) is 0 Å². The molecule has 0 saturated heterocycles. The van der Waals surface area contributed by atoms with E-state index in [1.807, 2.05) is 6.92 Å². The van der Waals surface area contributed by atoms with E-state index in [0.29, 0.717) is 6.42 Å². The number of carbonyl (C=O) groups excluding carboxylic acids is 2. The Labute approximate surface area is 83.9 Å². The molecule has 0 aliphatic carbocycles. The molecular weight excluding hydrogens is 184 g/mol. The van der Waals surface area contributed by atoms with Crippen molar-refractivity contribution in [2.75, 3.05) is 13.7 Å². The zero-order valence-corrected chi connectivity index (χ0v) is 8.83. The van der Waals surface area contributed by atoms with E-state index in [-0.39, 0.29) is 17.9 Å². The summed E-state index contributed by atoms with van der Waals surface area (Å²) in [5.41, 5.74) is 0. The van der Waals surface area contributed by atoms with E-state index in [0.717, 1.165) is 0 Å². The summed E-state index contributed by atoms with van der Waals surface area (Å²) in [5, 5.41) is 13.6. The SMILES string of the molecule is CCC(NC(=O)CO)C(C)C(=O)NC. The number of aliphatic hydroxyl groups is 1. The number of rotatable bonds is 5. The highest BCUT2D eigenvalue weighted by Crippen LogP contribution is 2.06. The maximum Gasteiger partial charge on any atom is 0.245 e. The Morgan fingerprint density at radius 3 is 2.36 bits per heavy atom. The van der Waals surface area contributed by atoms with Crippen LogP contribution in [0.2, 0.25) is 0 Å². The molecular formula is C9H18N2O3. The van der Waals surface area contributed by atoms with Crippen molar-refractivity contribution in [3.63, 3.8) is 0 Å². The molecule has 2 unspecified atom stereocenters. The maximum absolute atomic E-state index is 11.3. The molecule has 14 heavy (non-hydrogen) atoms. The minimum absolute atomic E-state index is 0.116. The highest BCUT2D eigenvalue weighted by Gasteiger charge is 2.22. The molecule has 0 fully saturated rings. The molecule has 0 aromatic heterocycles. The monoisotopic (exact) mass is 202 g/mol. The average molecular weight is 202 g/mol. The van der Waals surface area contributed by atoms with Crippen molar-refractivity contribution in [1.29, 1.82) is 0 Å². The molecule has 5 heteroatoms. The molecule has 0 aliphatic heterocycles. The van der Waals surface area contributed by atoms with Crippen molar-refractivity contribution in [1.82, 2.24) is 10.6 Å². The summed E-state index contributed by atoms with van der Waals surface area (Å²) >= 11 is 0. The second-order valence-corrected chi connectivity index (χ2v) is 3.14. The summed E-state index contributed by atoms with van der Waals surface area (Å²) in [6, 6.07) is -0.227. The number of nitrogens with one attached hydrogen (secondary N) is 2. The first-order valence-corrected chi connectivity index (χ1v) is 4.68. The number of hydrogen-bond acceptors (Lipinski definition) is 3. The molecule has 2 amide bonds. The van der Waals surface area contributed by atoms with E-state index in [9.17, 15) is 9.59 Å². The minimum Gasteiger partial charge on any atom is -0.387 e. The largest absolute Gasteiger partial charge is 0.387 e. The first kappa shape index (κ1) is 12.9. The van der Waals surface area contributed by atoms with E-state index in [4.69, 9.17) is 5.11 Å². The summed E-state index contributed by atoms with van der Waals surface area (Å²) in [5.74, 6) is -0.858. The van der Waals surface area contributed by atoms with Crippen LogP contribution in [-0.2, 0) is 9.59 Å². The fourth-order valence-electron chi connectivity index (χ4n) is 1.24. The third-order valence-corrected chi connectivity index (χ3v) is 2.19. The number of aliphatic hydroxyl groups excluding tert-OH is 1. The van der Waals surface area contributed by atoms with Gasteiger partial charge in [-0.2, -0.15) is 0 Å². The lowest BCUT2D eigenvalue weighted by Gasteiger charge is -2.22. The first-order chi connectivity index (χ1) is 6.56. The third-order valence-electron chi connectivity index (χ3n) is 2.19. The smallest absolute Gasteiger partial charge is 0.245 e. The van der Waals surface area contributed by atoms with Crippen LogP contribution >= 0.6 is 0 Å². The minimum atomic E-state index is -0.545. The lowest BCUT2D eigenvalue weighted by Crippen LogP contribution is -2.45. The zero-order valence-electron chi connectivity index (χ0n) is 8.83. The Morgan fingerprint density at radius 1 is 1.43 bits per heavy atom. The highest BCUT2D eigenvalue weighted by molar-refractivity contribution is 5.81. The van der Waals surface area contributed by atoms with Crippen LogP contribution in [0.1, 0.15) is 20.3 Å². The molecule has 0 rings (SSSR count). The van der Waals surface area contributed by atoms with Crippen molar-refractivity contribution in [3.8, 4) is 0 Å². The Morgan fingerprint density at radius 2 is 2.00 bits per heavy atom. The van der Waals surface area contributed by atoms with Gasteiger partial charge in [0.05, 0.1) is 5.92 Å². The van der Waals surface area contributed by atoms with Gasteiger partial charge in [0.2, 0.25) is 11.8 Å². The standard InChI is InChI=1S/C9H18N2O3/c1-4-7(11-8(13)5-12)6(2)9(14)10-3/h6-7,12H,4-5H2,1-3H3,(H,10,14)(H,11,13). The first-order valence-electron chi connectivity index (χ1n) is 4.68. The van der Waals surface area contributed by atoms with Gasteiger partial charge in [-0.15, -0.1) is 0 Å².